The first-order chi connectivity index (χ1) is 9.52. The highest BCUT2D eigenvalue weighted by atomic mass is 16.3. The predicted octanol–water partition coefficient (Wildman–Crippen LogP) is 0.551. The predicted molar refractivity (Wildman–Crippen MR) is 73.4 cm³/mol. The first-order valence-electron chi connectivity index (χ1n) is 5.96. The summed E-state index contributed by atoms with van der Waals surface area (Å²) >= 11 is 0. The summed E-state index contributed by atoms with van der Waals surface area (Å²) in [5.74, 6) is -0.654. The lowest BCUT2D eigenvalue weighted by Gasteiger charge is -2.04. The summed E-state index contributed by atoms with van der Waals surface area (Å²) in [7, 11) is 0. The molecule has 0 aliphatic heterocycles. The maximum atomic E-state index is 11.7. The Balaban J connectivity index is 2.64. The second-order valence-electron chi connectivity index (χ2n) is 4.00. The van der Waals surface area contributed by atoms with Crippen LogP contribution in [0, 0.1) is 11.3 Å². The summed E-state index contributed by atoms with van der Waals surface area (Å²) in [6.07, 6.45) is 1.38. The molecule has 6 heteroatoms. The van der Waals surface area contributed by atoms with Crippen molar-refractivity contribution >= 4 is 17.9 Å². The molecule has 1 aromatic carbocycles. The van der Waals surface area contributed by atoms with Crippen molar-refractivity contribution in [2.45, 2.75) is 6.92 Å². The van der Waals surface area contributed by atoms with E-state index in [1.807, 2.05) is 0 Å². The van der Waals surface area contributed by atoms with Gasteiger partial charge in [0.25, 0.3) is 5.91 Å². The van der Waals surface area contributed by atoms with Gasteiger partial charge in [0.05, 0.1) is 0 Å². The Morgan fingerprint density at radius 1 is 1.35 bits per heavy atom. The number of amides is 2. The van der Waals surface area contributed by atoms with E-state index < -0.39 is 5.91 Å². The molecule has 6 nitrogen and oxygen atoms in total. The van der Waals surface area contributed by atoms with E-state index in [1.165, 1.54) is 25.1 Å². The zero-order chi connectivity index (χ0) is 15.0. The van der Waals surface area contributed by atoms with E-state index in [9.17, 15) is 14.7 Å². The molecular weight excluding hydrogens is 258 g/mol. The molecule has 20 heavy (non-hydrogen) atoms. The van der Waals surface area contributed by atoms with Gasteiger partial charge in [0.1, 0.15) is 17.4 Å². The maximum Gasteiger partial charge on any atom is 0.262 e. The van der Waals surface area contributed by atoms with Crippen LogP contribution in [0.4, 0.5) is 0 Å². The lowest BCUT2D eigenvalue weighted by atomic mass is 10.1. The molecule has 1 rings (SSSR count). The van der Waals surface area contributed by atoms with Crippen LogP contribution < -0.4 is 10.6 Å². The first kappa shape index (κ1) is 15.2. The number of carbonyl (C=O) groups is 2. The van der Waals surface area contributed by atoms with Crippen molar-refractivity contribution in [2.24, 2.45) is 0 Å². The number of carbonyl (C=O) groups excluding carboxylic acids is 2. The second kappa shape index (κ2) is 7.59. The Kier molecular flexibility index (Phi) is 5.78. The van der Waals surface area contributed by atoms with E-state index in [0.717, 1.165) is 0 Å². The number of hydrogen-bond donors (Lipinski definition) is 3. The molecule has 0 saturated carbocycles. The Hall–Kier alpha value is -2.81. The highest BCUT2D eigenvalue weighted by Crippen LogP contribution is 2.13. The normalized spacial score (nSPS) is 10.5. The summed E-state index contributed by atoms with van der Waals surface area (Å²) in [6, 6.07) is 8.03. The molecule has 0 spiro atoms. The minimum atomic E-state index is -0.527. The van der Waals surface area contributed by atoms with Crippen LogP contribution in [0.5, 0.6) is 5.75 Å². The molecule has 0 saturated heterocycles. The van der Waals surface area contributed by atoms with Crippen molar-refractivity contribution in [2.75, 3.05) is 13.1 Å². The Labute approximate surface area is 116 Å². The van der Waals surface area contributed by atoms with Crippen LogP contribution in [0.15, 0.2) is 29.8 Å². The minimum Gasteiger partial charge on any atom is -0.508 e. The van der Waals surface area contributed by atoms with Gasteiger partial charge in [-0.2, -0.15) is 5.26 Å². The molecule has 104 valence electrons. The fourth-order valence-electron chi connectivity index (χ4n) is 1.44. The van der Waals surface area contributed by atoms with Crippen LogP contribution in [-0.2, 0) is 9.59 Å². The largest absolute Gasteiger partial charge is 0.508 e. The van der Waals surface area contributed by atoms with Gasteiger partial charge in [-0.1, -0.05) is 12.1 Å². The Morgan fingerprint density at radius 2 is 2.05 bits per heavy atom. The zero-order valence-electron chi connectivity index (χ0n) is 11.0. The lowest BCUT2D eigenvalue weighted by molar-refractivity contribution is -0.120. The van der Waals surface area contributed by atoms with Gasteiger partial charge < -0.3 is 15.7 Å². The quantitative estimate of drug-likeness (QED) is 0.414. The van der Waals surface area contributed by atoms with E-state index in [2.05, 4.69) is 10.6 Å². The number of benzene rings is 1. The van der Waals surface area contributed by atoms with Gasteiger partial charge >= 0.3 is 0 Å². The standard InChI is InChI=1S/C14H15N3O3/c1-10(18)16-5-6-17-14(20)12(9-15)7-11-3-2-4-13(19)8-11/h2-4,7-8,19H,5-6H2,1H3,(H,16,18)(H,17,20)/b12-7+. The summed E-state index contributed by atoms with van der Waals surface area (Å²) in [5.41, 5.74) is 0.483. The van der Waals surface area contributed by atoms with Gasteiger partial charge in [-0.3, -0.25) is 9.59 Å². The molecule has 0 bridgehead atoms. The Bertz CT molecular complexity index is 573. The first-order valence-corrected chi connectivity index (χ1v) is 5.96. The van der Waals surface area contributed by atoms with Crippen LogP contribution >= 0.6 is 0 Å². The number of phenols is 1. The van der Waals surface area contributed by atoms with Crippen LogP contribution in [0.2, 0.25) is 0 Å². The number of nitriles is 1. The van der Waals surface area contributed by atoms with Crippen LogP contribution in [0.3, 0.4) is 0 Å². The highest BCUT2D eigenvalue weighted by molar-refractivity contribution is 6.01. The molecule has 0 aromatic heterocycles. The topological polar surface area (TPSA) is 102 Å². The summed E-state index contributed by atoms with van der Waals surface area (Å²) < 4.78 is 0. The smallest absolute Gasteiger partial charge is 0.262 e. The zero-order valence-corrected chi connectivity index (χ0v) is 11.0. The molecule has 3 N–H and O–H groups in total. The van der Waals surface area contributed by atoms with Crippen molar-refractivity contribution in [3.05, 3.63) is 35.4 Å². The van der Waals surface area contributed by atoms with Gasteiger partial charge in [0.15, 0.2) is 0 Å². The number of phenolic OH excluding ortho intramolecular Hbond substituents is 1. The number of nitrogens with one attached hydrogen (secondary N) is 2. The number of aromatic hydroxyl groups is 1. The van der Waals surface area contributed by atoms with E-state index in [0.29, 0.717) is 12.1 Å². The van der Waals surface area contributed by atoms with Crippen molar-refractivity contribution in [1.29, 1.82) is 5.26 Å². The third kappa shape index (κ3) is 5.23. The summed E-state index contributed by atoms with van der Waals surface area (Å²) in [4.78, 5) is 22.4. The van der Waals surface area contributed by atoms with Gasteiger partial charge in [0.2, 0.25) is 5.91 Å². The van der Waals surface area contributed by atoms with Gasteiger partial charge in [-0.05, 0) is 23.8 Å². The SMILES string of the molecule is CC(=O)NCCNC(=O)/C(C#N)=C/c1cccc(O)c1. The van der Waals surface area contributed by atoms with Gasteiger partial charge in [0, 0.05) is 20.0 Å². The van der Waals surface area contributed by atoms with E-state index in [4.69, 9.17) is 5.26 Å². The molecule has 0 aliphatic rings. The third-order valence-corrected chi connectivity index (χ3v) is 2.33. The molecule has 0 unspecified atom stereocenters. The average molecular weight is 273 g/mol. The molecule has 0 atom stereocenters. The molecule has 1 aromatic rings. The van der Waals surface area contributed by atoms with Gasteiger partial charge in [-0.15, -0.1) is 0 Å². The maximum absolute atomic E-state index is 11.7. The van der Waals surface area contributed by atoms with Crippen LogP contribution in [-0.4, -0.2) is 30.0 Å². The van der Waals surface area contributed by atoms with E-state index in [-0.39, 0.29) is 23.8 Å². The monoisotopic (exact) mass is 273 g/mol. The number of rotatable bonds is 5. The minimum absolute atomic E-state index is 0.0575. The fourth-order valence-corrected chi connectivity index (χ4v) is 1.44. The van der Waals surface area contributed by atoms with Crippen LogP contribution in [0.25, 0.3) is 6.08 Å². The number of nitrogens with zero attached hydrogens (tertiary/aromatic N) is 1. The van der Waals surface area contributed by atoms with E-state index in [1.54, 1.807) is 18.2 Å². The molecule has 0 radical (unpaired) electrons. The molecule has 2 amide bonds. The van der Waals surface area contributed by atoms with Crippen molar-refractivity contribution in [1.82, 2.24) is 10.6 Å². The molecule has 0 aliphatic carbocycles. The summed E-state index contributed by atoms with van der Waals surface area (Å²) in [6.45, 7) is 1.91. The highest BCUT2D eigenvalue weighted by Gasteiger charge is 2.08. The molecule has 0 heterocycles. The Morgan fingerprint density at radius 3 is 2.65 bits per heavy atom. The van der Waals surface area contributed by atoms with Crippen molar-refractivity contribution in [3.8, 4) is 11.8 Å². The summed E-state index contributed by atoms with van der Waals surface area (Å²) in [5, 5.41) is 23.3. The molecule has 0 fully saturated rings. The van der Waals surface area contributed by atoms with Crippen molar-refractivity contribution in [3.63, 3.8) is 0 Å². The van der Waals surface area contributed by atoms with E-state index >= 15 is 0 Å². The van der Waals surface area contributed by atoms with Crippen molar-refractivity contribution < 1.29 is 14.7 Å². The third-order valence-electron chi connectivity index (χ3n) is 2.33. The number of hydrogen-bond acceptors (Lipinski definition) is 4. The molecular formula is C14H15N3O3. The fraction of sp³-hybridized carbons (Fsp3) is 0.214. The van der Waals surface area contributed by atoms with Gasteiger partial charge in [-0.25, -0.2) is 0 Å². The second-order valence-corrected chi connectivity index (χ2v) is 4.00. The van der Waals surface area contributed by atoms with Crippen LogP contribution in [0.1, 0.15) is 12.5 Å². The lowest BCUT2D eigenvalue weighted by Crippen LogP contribution is -2.34. The average Bonchev–Trinajstić information content (AvgIpc) is 2.40.